The summed E-state index contributed by atoms with van der Waals surface area (Å²) in [6.07, 6.45) is 0.896. The van der Waals surface area contributed by atoms with E-state index < -0.39 is 4.92 Å². The zero-order valence-electron chi connectivity index (χ0n) is 11.3. The maximum atomic E-state index is 10.8. The highest BCUT2D eigenvalue weighted by Gasteiger charge is 2.11. The van der Waals surface area contributed by atoms with Gasteiger partial charge in [0.15, 0.2) is 0 Å². The lowest BCUT2D eigenvalue weighted by Crippen LogP contribution is -2.19. The predicted octanol–water partition coefficient (Wildman–Crippen LogP) is 2.12. The summed E-state index contributed by atoms with van der Waals surface area (Å²) in [5.41, 5.74) is 0.867. The number of nitro benzene ring substituents is 1. The number of nitrogens with one attached hydrogen (secondary N) is 1. The van der Waals surface area contributed by atoms with Crippen molar-refractivity contribution in [3.8, 4) is 5.75 Å². The minimum Gasteiger partial charge on any atom is -0.493 e. The first-order valence-corrected chi connectivity index (χ1v) is 6.28. The summed E-state index contributed by atoms with van der Waals surface area (Å²) in [6.45, 7) is 4.42. The van der Waals surface area contributed by atoms with E-state index in [9.17, 15) is 10.1 Å². The fourth-order valence-electron chi connectivity index (χ4n) is 1.57. The van der Waals surface area contributed by atoms with Gasteiger partial charge >= 0.3 is 0 Å². The molecule has 0 heterocycles. The first kappa shape index (κ1) is 15.4. The molecule has 1 aromatic carbocycles. The average Bonchev–Trinajstić information content (AvgIpc) is 2.41. The quantitative estimate of drug-likeness (QED) is 0.422. The van der Waals surface area contributed by atoms with Crippen LogP contribution in [0, 0.1) is 10.1 Å². The zero-order valence-corrected chi connectivity index (χ0v) is 11.3. The van der Waals surface area contributed by atoms with E-state index in [0.29, 0.717) is 32.1 Å². The van der Waals surface area contributed by atoms with Crippen molar-refractivity contribution in [3.05, 3.63) is 33.9 Å². The van der Waals surface area contributed by atoms with E-state index in [0.717, 1.165) is 12.0 Å². The Labute approximate surface area is 112 Å². The van der Waals surface area contributed by atoms with Gasteiger partial charge in [0.1, 0.15) is 5.75 Å². The molecule has 0 radical (unpaired) electrons. The van der Waals surface area contributed by atoms with Gasteiger partial charge < -0.3 is 14.8 Å². The van der Waals surface area contributed by atoms with E-state index >= 15 is 0 Å². The largest absolute Gasteiger partial charge is 0.493 e. The van der Waals surface area contributed by atoms with Crippen LogP contribution in [0.15, 0.2) is 18.2 Å². The molecule has 0 spiro atoms. The molecule has 19 heavy (non-hydrogen) atoms. The van der Waals surface area contributed by atoms with Crippen molar-refractivity contribution in [1.29, 1.82) is 0 Å². The van der Waals surface area contributed by atoms with Gasteiger partial charge in [-0.15, -0.1) is 0 Å². The number of ether oxygens (including phenoxy) is 2. The molecular weight excluding hydrogens is 248 g/mol. The summed E-state index contributed by atoms with van der Waals surface area (Å²) in [4.78, 5) is 10.4. The third-order valence-electron chi connectivity index (χ3n) is 2.51. The molecule has 1 N–H and O–H groups in total. The molecule has 0 aliphatic carbocycles. The van der Waals surface area contributed by atoms with Crippen LogP contribution in [0.4, 0.5) is 5.69 Å². The van der Waals surface area contributed by atoms with Gasteiger partial charge in [-0.1, -0.05) is 6.92 Å². The van der Waals surface area contributed by atoms with Crippen LogP contribution in [0.3, 0.4) is 0 Å². The number of hydrogen-bond acceptors (Lipinski definition) is 5. The van der Waals surface area contributed by atoms with Gasteiger partial charge in [-0.3, -0.25) is 10.1 Å². The van der Waals surface area contributed by atoms with Crippen LogP contribution < -0.4 is 10.1 Å². The lowest BCUT2D eigenvalue weighted by atomic mass is 10.1. The Hall–Kier alpha value is -1.66. The van der Waals surface area contributed by atoms with Crippen molar-refractivity contribution >= 4 is 5.69 Å². The highest BCUT2D eigenvalue weighted by atomic mass is 16.6. The molecule has 1 aromatic rings. The summed E-state index contributed by atoms with van der Waals surface area (Å²) in [7, 11) is 1.63. The summed E-state index contributed by atoms with van der Waals surface area (Å²) in [5, 5.41) is 13.9. The number of nitrogens with zero attached hydrogens (tertiary/aromatic N) is 1. The van der Waals surface area contributed by atoms with Crippen LogP contribution in [0.1, 0.15) is 18.9 Å². The molecule has 0 aliphatic rings. The van der Waals surface area contributed by atoms with Crippen molar-refractivity contribution in [2.75, 3.05) is 26.9 Å². The lowest BCUT2D eigenvalue weighted by Gasteiger charge is -2.11. The van der Waals surface area contributed by atoms with Crippen LogP contribution in [0.2, 0.25) is 0 Å². The van der Waals surface area contributed by atoms with Crippen molar-refractivity contribution in [2.45, 2.75) is 19.9 Å². The van der Waals surface area contributed by atoms with Gasteiger partial charge in [0.2, 0.25) is 0 Å². The Morgan fingerprint density at radius 1 is 1.37 bits per heavy atom. The van der Waals surface area contributed by atoms with Gasteiger partial charge in [0.05, 0.1) is 18.1 Å². The van der Waals surface area contributed by atoms with Crippen molar-refractivity contribution < 1.29 is 14.4 Å². The van der Waals surface area contributed by atoms with Gasteiger partial charge in [0, 0.05) is 37.9 Å². The van der Waals surface area contributed by atoms with Crippen LogP contribution in [-0.4, -0.2) is 31.8 Å². The molecule has 0 unspecified atom stereocenters. The first-order chi connectivity index (χ1) is 9.19. The van der Waals surface area contributed by atoms with E-state index in [2.05, 4.69) is 5.32 Å². The molecule has 1 rings (SSSR count). The number of methoxy groups -OCH3 is 1. The number of benzene rings is 1. The predicted molar refractivity (Wildman–Crippen MR) is 72.5 cm³/mol. The van der Waals surface area contributed by atoms with Gasteiger partial charge in [-0.05, 0) is 12.5 Å². The number of nitro groups is 1. The topological polar surface area (TPSA) is 73.6 Å². The van der Waals surface area contributed by atoms with Gasteiger partial charge in [-0.25, -0.2) is 0 Å². The van der Waals surface area contributed by atoms with Crippen LogP contribution in [0.25, 0.3) is 0 Å². The second-order valence-corrected chi connectivity index (χ2v) is 4.07. The van der Waals surface area contributed by atoms with E-state index in [1.165, 1.54) is 6.07 Å². The first-order valence-electron chi connectivity index (χ1n) is 6.28. The second kappa shape index (κ2) is 8.44. The highest BCUT2D eigenvalue weighted by Crippen LogP contribution is 2.24. The Morgan fingerprint density at radius 2 is 2.16 bits per heavy atom. The Kier molecular flexibility index (Phi) is 6.84. The molecule has 0 aromatic heterocycles. The molecule has 0 aliphatic heterocycles. The van der Waals surface area contributed by atoms with Crippen molar-refractivity contribution in [3.63, 3.8) is 0 Å². The molecule has 0 bridgehead atoms. The summed E-state index contributed by atoms with van der Waals surface area (Å²) in [5.74, 6) is 0.692. The monoisotopic (exact) mass is 268 g/mol. The summed E-state index contributed by atoms with van der Waals surface area (Å²) < 4.78 is 10.5. The minimum atomic E-state index is -0.401. The maximum absolute atomic E-state index is 10.8. The molecule has 0 saturated heterocycles. The lowest BCUT2D eigenvalue weighted by molar-refractivity contribution is -0.384. The third-order valence-corrected chi connectivity index (χ3v) is 2.51. The van der Waals surface area contributed by atoms with Crippen LogP contribution in [-0.2, 0) is 11.3 Å². The summed E-state index contributed by atoms with van der Waals surface area (Å²) in [6, 6.07) is 4.66. The van der Waals surface area contributed by atoms with Crippen molar-refractivity contribution in [2.24, 2.45) is 0 Å². The second-order valence-electron chi connectivity index (χ2n) is 4.07. The molecule has 106 valence electrons. The standard InChI is InChI=1S/C13H20N2O4/c1-3-7-19-13-5-4-12(15(16)17)9-11(13)10-14-6-8-18-2/h4-5,9,14H,3,6-8,10H2,1-2H3. The van der Waals surface area contributed by atoms with E-state index in [1.54, 1.807) is 19.2 Å². The van der Waals surface area contributed by atoms with E-state index in [4.69, 9.17) is 9.47 Å². The Bertz CT molecular complexity index is 410. The van der Waals surface area contributed by atoms with E-state index in [-0.39, 0.29) is 5.69 Å². The molecular formula is C13H20N2O4. The summed E-state index contributed by atoms with van der Waals surface area (Å²) >= 11 is 0. The zero-order chi connectivity index (χ0) is 14.1. The van der Waals surface area contributed by atoms with Crippen LogP contribution in [0.5, 0.6) is 5.75 Å². The maximum Gasteiger partial charge on any atom is 0.270 e. The molecule has 0 atom stereocenters. The number of rotatable bonds is 9. The van der Waals surface area contributed by atoms with Gasteiger partial charge in [-0.2, -0.15) is 0 Å². The Balaban J connectivity index is 2.75. The Morgan fingerprint density at radius 3 is 2.79 bits per heavy atom. The number of non-ortho nitro benzene ring substituents is 1. The molecule has 6 heteroatoms. The number of hydrogen-bond donors (Lipinski definition) is 1. The minimum absolute atomic E-state index is 0.0763. The smallest absolute Gasteiger partial charge is 0.270 e. The molecule has 6 nitrogen and oxygen atoms in total. The SMILES string of the molecule is CCCOc1ccc([N+](=O)[O-])cc1CNCCOC. The third kappa shape index (κ3) is 5.23. The van der Waals surface area contributed by atoms with Gasteiger partial charge in [0.25, 0.3) is 5.69 Å². The molecule has 0 saturated carbocycles. The molecule has 0 fully saturated rings. The van der Waals surface area contributed by atoms with E-state index in [1.807, 2.05) is 6.92 Å². The highest BCUT2D eigenvalue weighted by molar-refractivity contribution is 5.43. The van der Waals surface area contributed by atoms with Crippen molar-refractivity contribution in [1.82, 2.24) is 5.32 Å². The fraction of sp³-hybridized carbons (Fsp3) is 0.538. The average molecular weight is 268 g/mol. The molecule has 0 amide bonds. The normalized spacial score (nSPS) is 10.4. The van der Waals surface area contributed by atoms with Crippen LogP contribution >= 0.6 is 0 Å². The fourth-order valence-corrected chi connectivity index (χ4v) is 1.57.